The summed E-state index contributed by atoms with van der Waals surface area (Å²) in [6.07, 6.45) is 9.37. The fourth-order valence-electron chi connectivity index (χ4n) is 3.14. The van der Waals surface area contributed by atoms with Crippen molar-refractivity contribution in [3.8, 4) is 0 Å². The predicted octanol–water partition coefficient (Wildman–Crippen LogP) is 2.55. The zero-order valence-electron chi connectivity index (χ0n) is 15.1. The van der Waals surface area contributed by atoms with Gasteiger partial charge in [-0.25, -0.2) is 10.5 Å². The van der Waals surface area contributed by atoms with E-state index in [0.717, 1.165) is 49.2 Å². The molecule has 0 saturated heterocycles. The average molecular weight is 365 g/mol. The third kappa shape index (κ3) is 6.18. The van der Waals surface area contributed by atoms with Gasteiger partial charge in [0.25, 0.3) is 0 Å². The Morgan fingerprint density at radius 2 is 2.00 bits per heavy atom. The molecule has 0 aliphatic heterocycles. The van der Waals surface area contributed by atoms with E-state index in [1.54, 1.807) is 18.8 Å². The minimum Gasteiger partial charge on any atom is -0.501 e. The molecule has 1 aliphatic carbocycles. The largest absolute Gasteiger partial charge is 0.501 e. The Hall–Kier alpha value is -2.35. The van der Waals surface area contributed by atoms with Crippen LogP contribution in [0, 0.1) is 0 Å². The summed E-state index contributed by atoms with van der Waals surface area (Å²) in [5.74, 6) is 1.23. The van der Waals surface area contributed by atoms with E-state index in [1.165, 1.54) is 6.39 Å². The van der Waals surface area contributed by atoms with Crippen LogP contribution in [0.3, 0.4) is 0 Å². The van der Waals surface area contributed by atoms with Crippen molar-refractivity contribution < 1.29 is 24.0 Å². The summed E-state index contributed by atoms with van der Waals surface area (Å²) in [5.41, 5.74) is 2.63. The number of unbranched alkanes of at least 4 members (excludes halogenated alkanes) is 3. The van der Waals surface area contributed by atoms with E-state index in [1.807, 2.05) is 0 Å². The molecule has 0 fully saturated rings. The van der Waals surface area contributed by atoms with Crippen LogP contribution in [0.4, 0.5) is 0 Å². The van der Waals surface area contributed by atoms with Crippen molar-refractivity contribution in [3.63, 3.8) is 0 Å². The normalized spacial score (nSPS) is 17.1. The van der Waals surface area contributed by atoms with Gasteiger partial charge in [0.1, 0.15) is 5.76 Å². The molecular formula is C18H27N3O5. The number of rotatable bonds is 10. The van der Waals surface area contributed by atoms with Gasteiger partial charge < -0.3 is 14.5 Å². The van der Waals surface area contributed by atoms with Gasteiger partial charge in [0, 0.05) is 30.9 Å². The number of hydrogen-bond donors (Lipinski definition) is 3. The van der Waals surface area contributed by atoms with E-state index in [2.05, 4.69) is 10.3 Å². The Bertz CT molecular complexity index is 612. The summed E-state index contributed by atoms with van der Waals surface area (Å²) >= 11 is 0. The number of nitrogens with one attached hydrogen (secondary N) is 2. The zero-order valence-corrected chi connectivity index (χ0v) is 15.1. The molecule has 8 heteroatoms. The molecule has 2 rings (SSSR count). The fourth-order valence-corrected chi connectivity index (χ4v) is 3.14. The first kappa shape index (κ1) is 20.0. The minimum absolute atomic E-state index is 0.0432. The molecule has 0 radical (unpaired) electrons. The van der Waals surface area contributed by atoms with Gasteiger partial charge in [0.05, 0.1) is 13.3 Å². The number of aromatic nitrogens is 1. The highest BCUT2D eigenvalue weighted by Crippen LogP contribution is 2.32. The van der Waals surface area contributed by atoms with Gasteiger partial charge in [-0.3, -0.25) is 14.8 Å². The number of oxazole rings is 1. The third-order valence-corrected chi connectivity index (χ3v) is 4.53. The van der Waals surface area contributed by atoms with Crippen LogP contribution in [-0.4, -0.2) is 35.2 Å². The molecule has 144 valence electrons. The Morgan fingerprint density at radius 1 is 1.27 bits per heavy atom. The number of methoxy groups -OCH3 is 1. The van der Waals surface area contributed by atoms with Gasteiger partial charge in [0.15, 0.2) is 12.2 Å². The van der Waals surface area contributed by atoms with Gasteiger partial charge in [-0.15, -0.1) is 0 Å². The molecule has 26 heavy (non-hydrogen) atoms. The maximum Gasteiger partial charge on any atom is 0.243 e. The van der Waals surface area contributed by atoms with Crippen LogP contribution in [0.25, 0.3) is 5.57 Å². The second-order valence-electron chi connectivity index (χ2n) is 6.43. The fraction of sp³-hybridized carbons (Fsp3) is 0.611. The lowest BCUT2D eigenvalue weighted by Gasteiger charge is -2.26. The Labute approximate surface area is 153 Å². The van der Waals surface area contributed by atoms with Crippen molar-refractivity contribution in [2.24, 2.45) is 0 Å². The molecule has 1 aliphatic rings. The second-order valence-corrected chi connectivity index (χ2v) is 6.43. The molecule has 1 aromatic heterocycles. The number of carbonyl (C=O) groups is 2. The molecule has 1 unspecified atom stereocenters. The molecule has 0 spiro atoms. The molecule has 3 N–H and O–H groups in total. The maximum atomic E-state index is 12.1. The van der Waals surface area contributed by atoms with E-state index >= 15 is 0 Å². The summed E-state index contributed by atoms with van der Waals surface area (Å²) in [5, 5.41) is 11.5. The molecule has 1 atom stereocenters. The second kappa shape index (κ2) is 10.6. The number of ether oxygens (including phenoxy) is 1. The van der Waals surface area contributed by atoms with Crippen LogP contribution >= 0.6 is 0 Å². The van der Waals surface area contributed by atoms with Gasteiger partial charge in [-0.05, 0) is 25.7 Å². The Kier molecular flexibility index (Phi) is 8.14. The SMILES string of the molecule is COC1=C(c2cnco2)CCC(NC(=O)CCCCCCC(=O)NO)C1. The quantitative estimate of drug-likeness (QED) is 0.334. The van der Waals surface area contributed by atoms with E-state index in [0.29, 0.717) is 25.7 Å². The Balaban J connectivity index is 1.68. The molecule has 1 aromatic rings. The molecular weight excluding hydrogens is 338 g/mol. The Morgan fingerprint density at radius 3 is 2.62 bits per heavy atom. The molecule has 2 amide bonds. The first-order valence-corrected chi connectivity index (χ1v) is 9.01. The van der Waals surface area contributed by atoms with Crippen molar-refractivity contribution in [2.45, 2.75) is 63.8 Å². The number of carbonyl (C=O) groups excluding carboxylic acids is 2. The van der Waals surface area contributed by atoms with Gasteiger partial charge in [-0.1, -0.05) is 12.8 Å². The van der Waals surface area contributed by atoms with Crippen molar-refractivity contribution in [1.82, 2.24) is 15.8 Å². The smallest absolute Gasteiger partial charge is 0.243 e. The van der Waals surface area contributed by atoms with Crippen LogP contribution < -0.4 is 10.8 Å². The summed E-state index contributed by atoms with van der Waals surface area (Å²) in [6, 6.07) is 0.0670. The standard InChI is InChI=1S/C18H27N3O5/c1-25-15-10-13(8-9-14(15)16-11-19-12-26-16)20-17(22)6-4-2-3-5-7-18(23)21-24/h11-13,24H,2-10H2,1H3,(H,20,22)(H,21,23). The lowest BCUT2D eigenvalue weighted by molar-refractivity contribution is -0.129. The first-order chi connectivity index (χ1) is 12.6. The van der Waals surface area contributed by atoms with Crippen LogP contribution in [0.15, 0.2) is 22.8 Å². The molecule has 0 aromatic carbocycles. The highest BCUT2D eigenvalue weighted by atomic mass is 16.5. The highest BCUT2D eigenvalue weighted by Gasteiger charge is 2.25. The third-order valence-electron chi connectivity index (χ3n) is 4.53. The van der Waals surface area contributed by atoms with Crippen LogP contribution in [0.1, 0.15) is 63.5 Å². The number of hydroxylamine groups is 1. The lowest BCUT2D eigenvalue weighted by Crippen LogP contribution is -2.36. The molecule has 0 bridgehead atoms. The summed E-state index contributed by atoms with van der Waals surface area (Å²) < 4.78 is 10.8. The number of amides is 2. The molecule has 0 saturated carbocycles. The number of hydrogen-bond acceptors (Lipinski definition) is 6. The number of allylic oxidation sites excluding steroid dienone is 1. The van der Waals surface area contributed by atoms with Gasteiger partial charge in [-0.2, -0.15) is 0 Å². The highest BCUT2D eigenvalue weighted by molar-refractivity contribution is 5.76. The molecule has 8 nitrogen and oxygen atoms in total. The summed E-state index contributed by atoms with van der Waals surface area (Å²) in [7, 11) is 1.63. The maximum absolute atomic E-state index is 12.1. The van der Waals surface area contributed by atoms with Crippen molar-refractivity contribution in [2.75, 3.05) is 7.11 Å². The lowest BCUT2D eigenvalue weighted by atomic mass is 9.92. The van der Waals surface area contributed by atoms with E-state index in [9.17, 15) is 9.59 Å². The monoisotopic (exact) mass is 365 g/mol. The van der Waals surface area contributed by atoms with Crippen molar-refractivity contribution in [3.05, 3.63) is 24.1 Å². The minimum atomic E-state index is -0.369. The van der Waals surface area contributed by atoms with E-state index < -0.39 is 0 Å². The van der Waals surface area contributed by atoms with Crippen LogP contribution in [0.2, 0.25) is 0 Å². The van der Waals surface area contributed by atoms with Crippen molar-refractivity contribution >= 4 is 17.4 Å². The van der Waals surface area contributed by atoms with Gasteiger partial charge in [0.2, 0.25) is 11.8 Å². The van der Waals surface area contributed by atoms with E-state index in [4.69, 9.17) is 14.4 Å². The summed E-state index contributed by atoms with van der Waals surface area (Å²) in [4.78, 5) is 26.9. The topological polar surface area (TPSA) is 114 Å². The molecule has 1 heterocycles. The zero-order chi connectivity index (χ0) is 18.8. The van der Waals surface area contributed by atoms with Gasteiger partial charge >= 0.3 is 0 Å². The summed E-state index contributed by atoms with van der Waals surface area (Å²) in [6.45, 7) is 0. The van der Waals surface area contributed by atoms with Crippen LogP contribution in [-0.2, 0) is 14.3 Å². The van der Waals surface area contributed by atoms with Crippen molar-refractivity contribution in [1.29, 1.82) is 0 Å². The van der Waals surface area contributed by atoms with E-state index in [-0.39, 0.29) is 17.9 Å². The van der Waals surface area contributed by atoms with Crippen LogP contribution in [0.5, 0.6) is 0 Å². The average Bonchev–Trinajstić information content (AvgIpc) is 3.18. The number of nitrogens with zero attached hydrogens (tertiary/aromatic N) is 1. The first-order valence-electron chi connectivity index (χ1n) is 9.01. The predicted molar refractivity (Wildman–Crippen MR) is 93.8 cm³/mol.